The van der Waals surface area contributed by atoms with Crippen molar-refractivity contribution in [2.75, 3.05) is 5.32 Å². The topological polar surface area (TPSA) is 75.4 Å². The third-order valence-electron chi connectivity index (χ3n) is 5.90. The number of rotatable bonds is 2. The van der Waals surface area contributed by atoms with E-state index in [4.69, 9.17) is 27.7 Å². The van der Waals surface area contributed by atoms with Crippen LogP contribution in [0, 0.1) is 6.92 Å². The number of fused-ring (bicyclic) bond motifs is 1. The molecule has 2 atom stereocenters. The Morgan fingerprint density at radius 2 is 1.80 bits per heavy atom. The lowest BCUT2D eigenvalue weighted by Crippen LogP contribution is -2.29. The van der Waals surface area contributed by atoms with E-state index >= 15 is 0 Å². The van der Waals surface area contributed by atoms with Crippen LogP contribution in [0.5, 0.6) is 5.75 Å². The summed E-state index contributed by atoms with van der Waals surface area (Å²) in [5.74, 6) is 0.540. The molecule has 5 nitrogen and oxygen atoms in total. The molecule has 0 saturated heterocycles. The number of phenolic OH excluding ortho intramolecular Hbond substituents is 1. The first-order valence-electron chi connectivity index (χ1n) is 9.65. The maximum Gasteiger partial charge on any atom is 0.233 e. The maximum atomic E-state index is 13.4. The monoisotopic (exact) mass is 440 g/mol. The number of phenols is 1. The van der Waals surface area contributed by atoms with Crippen LogP contribution in [-0.4, -0.2) is 16.0 Å². The highest BCUT2D eigenvalue weighted by Gasteiger charge is 2.41. The molecule has 2 aromatic carbocycles. The van der Waals surface area contributed by atoms with Crippen LogP contribution in [0.2, 0.25) is 10.0 Å². The van der Waals surface area contributed by atoms with Gasteiger partial charge >= 0.3 is 0 Å². The number of anilines is 1. The van der Waals surface area contributed by atoms with Crippen LogP contribution in [0.4, 0.5) is 5.88 Å². The quantitative estimate of drug-likeness (QED) is 0.514. The molecule has 0 saturated carbocycles. The van der Waals surface area contributed by atoms with Gasteiger partial charge in [0.05, 0.1) is 21.3 Å². The molecule has 0 bridgehead atoms. The Bertz CT molecular complexity index is 1200. The number of nitrogens with zero attached hydrogens (tertiary/aromatic N) is 1. The zero-order valence-corrected chi connectivity index (χ0v) is 17.6. The number of allylic oxidation sites excluding steroid dienone is 2. The van der Waals surface area contributed by atoms with Crippen LogP contribution in [-0.2, 0) is 4.79 Å². The van der Waals surface area contributed by atoms with E-state index in [1.807, 2.05) is 25.1 Å². The second kappa shape index (κ2) is 7.18. The molecule has 0 spiro atoms. The van der Waals surface area contributed by atoms with E-state index in [0.29, 0.717) is 28.8 Å². The van der Waals surface area contributed by atoms with E-state index in [1.54, 1.807) is 24.3 Å². The average Bonchev–Trinajstić information content (AvgIpc) is 3.09. The number of benzene rings is 2. The smallest absolute Gasteiger partial charge is 0.233 e. The van der Waals surface area contributed by atoms with Crippen molar-refractivity contribution in [1.29, 1.82) is 0 Å². The van der Waals surface area contributed by atoms with Gasteiger partial charge in [-0.05, 0) is 54.7 Å². The second-order valence-corrected chi connectivity index (χ2v) is 8.57. The van der Waals surface area contributed by atoms with Crippen molar-refractivity contribution < 1.29 is 14.4 Å². The van der Waals surface area contributed by atoms with Crippen molar-refractivity contribution in [3.8, 4) is 5.75 Å². The average molecular weight is 441 g/mol. The number of hydrogen-bond donors (Lipinski definition) is 2. The molecule has 2 aliphatic rings. The summed E-state index contributed by atoms with van der Waals surface area (Å²) in [5.41, 5.74) is 5.03. The number of aromatic hydroxyl groups is 1. The molecule has 1 aliphatic heterocycles. The maximum absolute atomic E-state index is 13.4. The third-order valence-corrected chi connectivity index (χ3v) is 6.64. The van der Waals surface area contributed by atoms with Gasteiger partial charge in [0.25, 0.3) is 0 Å². The molecule has 0 unspecified atom stereocenters. The highest BCUT2D eigenvalue weighted by atomic mass is 35.5. The Morgan fingerprint density at radius 1 is 1.07 bits per heavy atom. The Balaban J connectivity index is 1.62. The molecule has 2 N–H and O–H groups in total. The minimum Gasteiger partial charge on any atom is -0.508 e. The van der Waals surface area contributed by atoms with Gasteiger partial charge in [0, 0.05) is 23.6 Å². The van der Waals surface area contributed by atoms with Gasteiger partial charge in [-0.25, -0.2) is 0 Å². The number of hydrogen-bond acceptors (Lipinski definition) is 5. The van der Waals surface area contributed by atoms with Gasteiger partial charge in [-0.1, -0.05) is 46.6 Å². The van der Waals surface area contributed by atoms with Crippen LogP contribution in [0.3, 0.4) is 0 Å². The predicted molar refractivity (Wildman–Crippen MR) is 115 cm³/mol. The molecule has 2 heterocycles. The molecule has 7 heteroatoms. The Kier molecular flexibility index (Phi) is 4.60. The van der Waals surface area contributed by atoms with Gasteiger partial charge in [0.15, 0.2) is 5.78 Å². The number of carbonyl (C=O) groups excluding carboxylic acids is 1. The third kappa shape index (κ3) is 3.09. The fraction of sp³-hybridized carbons (Fsp3) is 0.217. The van der Waals surface area contributed by atoms with Crippen molar-refractivity contribution in [3.05, 3.63) is 86.2 Å². The predicted octanol–water partition coefficient (Wildman–Crippen LogP) is 5.95. The molecule has 30 heavy (non-hydrogen) atoms. The standard InChI is InChI=1S/C23H18Cl2N2O3/c1-11-20-21(13-4-7-16(24)17(25)8-13)22-18(26-23(20)30-27-11)9-14(10-19(22)29)12-2-5-15(28)6-3-12/h2-8,14,21,26,28H,9-10H2,1H3/t14-,21+/m1/s1. The number of aryl methyl sites for hydroxylation is 1. The summed E-state index contributed by atoms with van der Waals surface area (Å²) >= 11 is 12.4. The zero-order chi connectivity index (χ0) is 21.0. The summed E-state index contributed by atoms with van der Waals surface area (Å²) in [6.45, 7) is 1.87. The Labute approximate surface area is 183 Å². The SMILES string of the molecule is Cc1noc2c1[C@H](c1ccc(Cl)c(Cl)c1)C1=C(C[C@@H](c3ccc(O)cc3)CC1=O)N2. The number of nitrogens with one attached hydrogen (secondary N) is 1. The molecule has 5 rings (SSSR count). The van der Waals surface area contributed by atoms with Crippen LogP contribution in [0.1, 0.15) is 47.1 Å². The van der Waals surface area contributed by atoms with Gasteiger partial charge in [-0.3, -0.25) is 4.79 Å². The van der Waals surface area contributed by atoms with E-state index in [2.05, 4.69) is 10.5 Å². The second-order valence-electron chi connectivity index (χ2n) is 7.75. The largest absolute Gasteiger partial charge is 0.508 e. The fourth-order valence-electron chi connectivity index (χ4n) is 4.48. The highest BCUT2D eigenvalue weighted by Crippen LogP contribution is 2.49. The first kappa shape index (κ1) is 19.2. The number of aromatic nitrogens is 1. The summed E-state index contributed by atoms with van der Waals surface area (Å²) in [6, 6.07) is 12.5. The fourth-order valence-corrected chi connectivity index (χ4v) is 4.79. The minimum absolute atomic E-state index is 0.0179. The molecule has 152 valence electrons. The summed E-state index contributed by atoms with van der Waals surface area (Å²) in [6.07, 6.45) is 1.05. The molecule has 1 aliphatic carbocycles. The van der Waals surface area contributed by atoms with Gasteiger partial charge < -0.3 is 14.9 Å². The van der Waals surface area contributed by atoms with Crippen molar-refractivity contribution in [2.24, 2.45) is 0 Å². The first-order chi connectivity index (χ1) is 14.4. The first-order valence-corrected chi connectivity index (χ1v) is 10.4. The normalized spacial score (nSPS) is 20.6. The molecule has 3 aromatic rings. The molecule has 0 radical (unpaired) electrons. The van der Waals surface area contributed by atoms with Gasteiger partial charge in [0.1, 0.15) is 5.75 Å². The number of Topliss-reactive ketones (excluding diaryl/α,β-unsaturated/α-hetero) is 1. The number of halogens is 2. The van der Waals surface area contributed by atoms with Crippen molar-refractivity contribution in [2.45, 2.75) is 31.6 Å². The lowest BCUT2D eigenvalue weighted by molar-refractivity contribution is -0.116. The lowest BCUT2D eigenvalue weighted by Gasteiger charge is -2.34. The molecule has 0 fully saturated rings. The van der Waals surface area contributed by atoms with E-state index < -0.39 is 0 Å². The summed E-state index contributed by atoms with van der Waals surface area (Å²) in [7, 11) is 0. The van der Waals surface area contributed by atoms with E-state index in [9.17, 15) is 9.90 Å². The van der Waals surface area contributed by atoms with Crippen LogP contribution in [0.15, 0.2) is 58.3 Å². The number of carbonyl (C=O) groups is 1. The Morgan fingerprint density at radius 3 is 2.53 bits per heavy atom. The summed E-state index contributed by atoms with van der Waals surface area (Å²) in [5, 5.41) is 17.9. The minimum atomic E-state index is -0.314. The van der Waals surface area contributed by atoms with Crippen LogP contribution >= 0.6 is 23.2 Å². The summed E-state index contributed by atoms with van der Waals surface area (Å²) in [4.78, 5) is 13.4. The lowest BCUT2D eigenvalue weighted by atomic mass is 9.72. The van der Waals surface area contributed by atoms with E-state index in [1.165, 1.54) is 0 Å². The highest BCUT2D eigenvalue weighted by molar-refractivity contribution is 6.42. The van der Waals surface area contributed by atoms with Crippen molar-refractivity contribution >= 4 is 34.9 Å². The molecule has 0 amide bonds. The van der Waals surface area contributed by atoms with Crippen molar-refractivity contribution in [3.63, 3.8) is 0 Å². The molecular formula is C23H18Cl2N2O3. The van der Waals surface area contributed by atoms with E-state index in [0.717, 1.165) is 33.7 Å². The van der Waals surface area contributed by atoms with E-state index in [-0.39, 0.29) is 23.4 Å². The van der Waals surface area contributed by atoms with Crippen molar-refractivity contribution in [1.82, 2.24) is 5.16 Å². The van der Waals surface area contributed by atoms with Gasteiger partial charge in [-0.2, -0.15) is 0 Å². The Hall–Kier alpha value is -2.76. The van der Waals surface area contributed by atoms with Gasteiger partial charge in [0.2, 0.25) is 5.88 Å². The van der Waals surface area contributed by atoms with Crippen LogP contribution in [0.25, 0.3) is 0 Å². The summed E-state index contributed by atoms with van der Waals surface area (Å²) < 4.78 is 5.53. The van der Waals surface area contributed by atoms with Crippen LogP contribution < -0.4 is 5.32 Å². The van der Waals surface area contributed by atoms with Gasteiger partial charge in [-0.15, -0.1) is 0 Å². The molecular weight excluding hydrogens is 423 g/mol. The number of ketones is 1. The molecule has 1 aromatic heterocycles. The zero-order valence-electron chi connectivity index (χ0n) is 16.1.